The molecule has 1 aromatic carbocycles. The summed E-state index contributed by atoms with van der Waals surface area (Å²) in [6.07, 6.45) is 1.65. The minimum atomic E-state index is -0.148. The molecule has 1 N–H and O–H groups in total. The van der Waals surface area contributed by atoms with Crippen molar-refractivity contribution in [3.05, 3.63) is 57.5 Å². The Bertz CT molecular complexity index is 1090. The molecule has 0 aliphatic heterocycles. The Hall–Kier alpha value is -2.89. The molecule has 0 bridgehead atoms. The van der Waals surface area contributed by atoms with Crippen LogP contribution in [0.25, 0.3) is 16.9 Å². The molecule has 2 aromatic heterocycles. The number of aromatic nitrogens is 3. The van der Waals surface area contributed by atoms with Gasteiger partial charge in [0, 0.05) is 42.9 Å². The standard InChI is InChI=1S/C23H30N4O2/c1-15(2)12-13-24-21(28)11-10-19-17(4)26(5)22-14-20(25-27(22)23(19)29)18-9-7-6-8-16(18)3/h6-9,14-15H,10-13H2,1-5H3,(H,24,28). The van der Waals surface area contributed by atoms with E-state index in [4.69, 9.17) is 0 Å². The van der Waals surface area contributed by atoms with E-state index in [1.807, 2.05) is 55.8 Å². The highest BCUT2D eigenvalue weighted by Gasteiger charge is 2.17. The van der Waals surface area contributed by atoms with Gasteiger partial charge in [0.05, 0.1) is 5.69 Å². The number of carbonyl (C=O) groups excluding carboxylic acids is 1. The molecule has 0 saturated carbocycles. The molecule has 0 aliphatic carbocycles. The van der Waals surface area contributed by atoms with Gasteiger partial charge in [0.25, 0.3) is 5.56 Å². The van der Waals surface area contributed by atoms with E-state index in [2.05, 4.69) is 24.3 Å². The van der Waals surface area contributed by atoms with E-state index in [1.165, 1.54) is 4.52 Å². The van der Waals surface area contributed by atoms with Crippen LogP contribution in [0.5, 0.6) is 0 Å². The van der Waals surface area contributed by atoms with Gasteiger partial charge in [0.15, 0.2) is 0 Å². The van der Waals surface area contributed by atoms with Gasteiger partial charge in [-0.05, 0) is 38.2 Å². The van der Waals surface area contributed by atoms with Crippen molar-refractivity contribution in [2.45, 2.75) is 47.0 Å². The van der Waals surface area contributed by atoms with Crippen LogP contribution in [0.2, 0.25) is 0 Å². The summed E-state index contributed by atoms with van der Waals surface area (Å²) >= 11 is 0. The highest BCUT2D eigenvalue weighted by atomic mass is 16.1. The van der Waals surface area contributed by atoms with Crippen LogP contribution in [-0.2, 0) is 18.3 Å². The third-order valence-electron chi connectivity index (χ3n) is 5.49. The van der Waals surface area contributed by atoms with Gasteiger partial charge in [-0.2, -0.15) is 9.61 Å². The highest BCUT2D eigenvalue weighted by Crippen LogP contribution is 2.23. The topological polar surface area (TPSA) is 68.4 Å². The number of amides is 1. The number of benzene rings is 1. The van der Waals surface area contributed by atoms with Gasteiger partial charge in [-0.1, -0.05) is 38.1 Å². The maximum Gasteiger partial charge on any atom is 0.277 e. The Morgan fingerprint density at radius 1 is 1.21 bits per heavy atom. The first kappa shape index (κ1) is 20.8. The Morgan fingerprint density at radius 2 is 1.93 bits per heavy atom. The average molecular weight is 395 g/mol. The molecular formula is C23H30N4O2. The predicted octanol–water partition coefficient (Wildman–Crippen LogP) is 3.41. The number of carbonyl (C=O) groups is 1. The monoisotopic (exact) mass is 394 g/mol. The van der Waals surface area contributed by atoms with Gasteiger partial charge in [0.2, 0.25) is 5.91 Å². The second kappa shape index (κ2) is 8.64. The normalized spacial score (nSPS) is 11.4. The fourth-order valence-corrected chi connectivity index (χ4v) is 3.52. The van der Waals surface area contributed by atoms with E-state index in [1.54, 1.807) is 0 Å². The largest absolute Gasteiger partial charge is 0.356 e. The molecule has 154 valence electrons. The Kier molecular flexibility index (Phi) is 6.20. The first-order valence-electron chi connectivity index (χ1n) is 10.2. The summed E-state index contributed by atoms with van der Waals surface area (Å²) in [5.74, 6) is 0.530. The summed E-state index contributed by atoms with van der Waals surface area (Å²) in [5.41, 5.74) is 5.01. The Labute approximate surface area is 171 Å². The predicted molar refractivity (Wildman–Crippen MR) is 116 cm³/mol. The second-order valence-corrected chi connectivity index (χ2v) is 8.08. The molecule has 0 radical (unpaired) electrons. The van der Waals surface area contributed by atoms with E-state index in [-0.39, 0.29) is 11.5 Å². The number of hydrogen-bond donors (Lipinski definition) is 1. The van der Waals surface area contributed by atoms with Crippen LogP contribution in [0.4, 0.5) is 0 Å². The van der Waals surface area contributed by atoms with Crippen LogP contribution in [0, 0.1) is 19.8 Å². The molecule has 0 saturated heterocycles. The SMILES string of the molecule is Cc1ccccc1-c1cc2n(C)c(C)c(CCC(=O)NCCC(C)C)c(=O)n2n1. The number of fused-ring (bicyclic) bond motifs is 1. The molecule has 6 nitrogen and oxygen atoms in total. The summed E-state index contributed by atoms with van der Waals surface area (Å²) in [4.78, 5) is 25.3. The first-order chi connectivity index (χ1) is 13.8. The van der Waals surface area contributed by atoms with Gasteiger partial charge >= 0.3 is 0 Å². The lowest BCUT2D eigenvalue weighted by Gasteiger charge is -2.12. The summed E-state index contributed by atoms with van der Waals surface area (Å²) in [7, 11) is 1.93. The van der Waals surface area contributed by atoms with Gasteiger partial charge < -0.3 is 9.88 Å². The average Bonchev–Trinajstić information content (AvgIpc) is 3.12. The van der Waals surface area contributed by atoms with Crippen LogP contribution in [-0.4, -0.2) is 26.6 Å². The third-order valence-corrected chi connectivity index (χ3v) is 5.49. The summed E-state index contributed by atoms with van der Waals surface area (Å²) in [6.45, 7) is 8.89. The van der Waals surface area contributed by atoms with Gasteiger partial charge in [-0.15, -0.1) is 0 Å². The second-order valence-electron chi connectivity index (χ2n) is 8.08. The smallest absolute Gasteiger partial charge is 0.277 e. The van der Waals surface area contributed by atoms with Crippen molar-refractivity contribution in [3.63, 3.8) is 0 Å². The van der Waals surface area contributed by atoms with Crippen LogP contribution in [0.3, 0.4) is 0 Å². The molecule has 6 heteroatoms. The Balaban J connectivity index is 1.89. The number of hydrogen-bond acceptors (Lipinski definition) is 3. The van der Waals surface area contributed by atoms with Crippen LogP contribution < -0.4 is 10.9 Å². The lowest BCUT2D eigenvalue weighted by molar-refractivity contribution is -0.121. The van der Waals surface area contributed by atoms with Gasteiger partial charge in [0.1, 0.15) is 5.65 Å². The van der Waals surface area contributed by atoms with Gasteiger partial charge in [-0.25, -0.2) is 0 Å². The Morgan fingerprint density at radius 3 is 2.62 bits per heavy atom. The summed E-state index contributed by atoms with van der Waals surface area (Å²) < 4.78 is 3.43. The zero-order valence-corrected chi connectivity index (χ0v) is 18.0. The molecule has 3 aromatic rings. The lowest BCUT2D eigenvalue weighted by atomic mass is 10.1. The molecule has 29 heavy (non-hydrogen) atoms. The van der Waals surface area contributed by atoms with Crippen molar-refractivity contribution in [2.24, 2.45) is 13.0 Å². The molecule has 1 amide bonds. The fraction of sp³-hybridized carbons (Fsp3) is 0.435. The zero-order valence-electron chi connectivity index (χ0n) is 18.0. The lowest BCUT2D eigenvalue weighted by Crippen LogP contribution is -2.28. The quantitative estimate of drug-likeness (QED) is 0.668. The molecule has 3 rings (SSSR count). The summed E-state index contributed by atoms with van der Waals surface area (Å²) in [6, 6.07) is 9.95. The maximum absolute atomic E-state index is 13.1. The molecule has 0 atom stereocenters. The molecule has 0 aliphatic rings. The van der Waals surface area contributed by atoms with Crippen molar-refractivity contribution in [2.75, 3.05) is 6.54 Å². The first-order valence-corrected chi connectivity index (χ1v) is 10.2. The van der Waals surface area contributed by atoms with E-state index >= 15 is 0 Å². The van der Waals surface area contributed by atoms with E-state index < -0.39 is 0 Å². The molecule has 0 unspecified atom stereocenters. The third kappa shape index (κ3) is 4.42. The van der Waals surface area contributed by atoms with Crippen LogP contribution in [0.1, 0.15) is 43.5 Å². The van der Waals surface area contributed by atoms with E-state index in [0.29, 0.717) is 30.9 Å². The number of nitrogens with zero attached hydrogens (tertiary/aromatic N) is 3. The molecule has 0 spiro atoms. The van der Waals surface area contributed by atoms with Crippen molar-refractivity contribution in [1.82, 2.24) is 19.5 Å². The summed E-state index contributed by atoms with van der Waals surface area (Å²) in [5, 5.41) is 7.52. The zero-order chi connectivity index (χ0) is 21.1. The van der Waals surface area contributed by atoms with Crippen LogP contribution in [0.15, 0.2) is 35.1 Å². The number of nitrogens with one attached hydrogen (secondary N) is 1. The number of aryl methyl sites for hydroxylation is 2. The molecule has 2 heterocycles. The van der Waals surface area contributed by atoms with E-state index in [9.17, 15) is 9.59 Å². The number of rotatable bonds is 7. The molecule has 0 fully saturated rings. The van der Waals surface area contributed by atoms with Crippen molar-refractivity contribution in [1.29, 1.82) is 0 Å². The maximum atomic E-state index is 13.1. The van der Waals surface area contributed by atoms with Gasteiger partial charge in [-0.3, -0.25) is 9.59 Å². The van der Waals surface area contributed by atoms with Crippen molar-refractivity contribution in [3.8, 4) is 11.3 Å². The van der Waals surface area contributed by atoms with E-state index in [0.717, 1.165) is 34.6 Å². The minimum Gasteiger partial charge on any atom is -0.356 e. The highest BCUT2D eigenvalue weighted by molar-refractivity contribution is 5.76. The van der Waals surface area contributed by atoms with Crippen molar-refractivity contribution < 1.29 is 4.79 Å². The molecular weight excluding hydrogens is 364 g/mol. The van der Waals surface area contributed by atoms with Crippen molar-refractivity contribution >= 4 is 11.6 Å². The fourth-order valence-electron chi connectivity index (χ4n) is 3.52. The van der Waals surface area contributed by atoms with Crippen LogP contribution >= 0.6 is 0 Å². The minimum absolute atomic E-state index is 0.0201.